The van der Waals surface area contributed by atoms with E-state index in [0.717, 1.165) is 6.54 Å². The first kappa shape index (κ1) is 15.9. The predicted octanol–water partition coefficient (Wildman–Crippen LogP) is 4.65. The summed E-state index contributed by atoms with van der Waals surface area (Å²) in [5, 5.41) is 0. The first-order valence-electron chi connectivity index (χ1n) is 8.54. The van der Waals surface area contributed by atoms with Crippen LogP contribution in [0.4, 0.5) is 0 Å². The van der Waals surface area contributed by atoms with Gasteiger partial charge in [0, 0.05) is 23.9 Å². The number of ketones is 1. The summed E-state index contributed by atoms with van der Waals surface area (Å²) in [5.41, 5.74) is 2.48. The molecule has 2 heteroatoms. The van der Waals surface area contributed by atoms with Crippen molar-refractivity contribution in [3.8, 4) is 0 Å². The van der Waals surface area contributed by atoms with Crippen molar-refractivity contribution < 1.29 is 4.79 Å². The van der Waals surface area contributed by atoms with Crippen LogP contribution in [0.5, 0.6) is 0 Å². The van der Waals surface area contributed by atoms with Gasteiger partial charge in [-0.15, -0.1) is 0 Å². The second-order valence-corrected chi connectivity index (χ2v) is 6.52. The van der Waals surface area contributed by atoms with Crippen LogP contribution in [0.1, 0.15) is 44.0 Å². The number of hydrogen-bond acceptors (Lipinski definition) is 2. The Hall–Kier alpha value is -1.93. The average Bonchev–Trinajstić information content (AvgIpc) is 2.61. The van der Waals surface area contributed by atoms with Crippen LogP contribution in [0, 0.1) is 11.8 Å². The molecule has 4 atom stereocenters. The van der Waals surface area contributed by atoms with Gasteiger partial charge in [0.15, 0.2) is 0 Å². The molecule has 120 valence electrons. The molecule has 0 aromatic heterocycles. The van der Waals surface area contributed by atoms with Gasteiger partial charge in [-0.3, -0.25) is 9.69 Å². The van der Waals surface area contributed by atoms with Crippen LogP contribution in [0.2, 0.25) is 0 Å². The third-order valence-electron chi connectivity index (χ3n) is 5.21. The number of carbonyl (C=O) groups is 1. The second-order valence-electron chi connectivity index (χ2n) is 6.52. The van der Waals surface area contributed by atoms with Crippen LogP contribution >= 0.6 is 0 Å². The molecule has 0 aliphatic carbocycles. The molecule has 0 amide bonds. The van der Waals surface area contributed by atoms with E-state index in [1.165, 1.54) is 11.1 Å². The molecule has 1 heterocycles. The smallest absolute Gasteiger partial charge is 0.142 e. The fourth-order valence-electron chi connectivity index (χ4n) is 4.13. The summed E-state index contributed by atoms with van der Waals surface area (Å²) in [6.07, 6.45) is 0. The number of nitrogens with zero attached hydrogens (tertiary/aromatic N) is 1. The largest absolute Gasteiger partial charge is 0.299 e. The molecule has 1 saturated heterocycles. The van der Waals surface area contributed by atoms with Crippen molar-refractivity contribution in [3.63, 3.8) is 0 Å². The Morgan fingerprint density at radius 3 is 1.52 bits per heavy atom. The highest BCUT2D eigenvalue weighted by Crippen LogP contribution is 2.45. The van der Waals surface area contributed by atoms with Gasteiger partial charge in [0.1, 0.15) is 5.78 Å². The first-order chi connectivity index (χ1) is 11.1. The van der Waals surface area contributed by atoms with Crippen LogP contribution in [0.25, 0.3) is 0 Å². The highest BCUT2D eigenvalue weighted by molar-refractivity contribution is 5.85. The first-order valence-corrected chi connectivity index (χ1v) is 8.54. The van der Waals surface area contributed by atoms with Crippen molar-refractivity contribution in [1.29, 1.82) is 0 Å². The van der Waals surface area contributed by atoms with Crippen molar-refractivity contribution in [1.82, 2.24) is 4.90 Å². The highest BCUT2D eigenvalue weighted by Gasteiger charge is 2.45. The number of Topliss-reactive ketones (excluding diaryl/α,β-unsaturated/α-hetero) is 1. The third kappa shape index (κ3) is 2.84. The Balaban J connectivity index is 2.07. The minimum Gasteiger partial charge on any atom is -0.299 e. The summed E-state index contributed by atoms with van der Waals surface area (Å²) in [4.78, 5) is 15.4. The molecule has 23 heavy (non-hydrogen) atoms. The molecule has 2 nitrogen and oxygen atoms in total. The molecule has 1 fully saturated rings. The van der Waals surface area contributed by atoms with Crippen molar-refractivity contribution in [2.24, 2.45) is 11.8 Å². The van der Waals surface area contributed by atoms with Crippen molar-refractivity contribution in [2.45, 2.75) is 32.9 Å². The van der Waals surface area contributed by atoms with E-state index in [0.29, 0.717) is 5.78 Å². The number of piperidine rings is 1. The summed E-state index contributed by atoms with van der Waals surface area (Å²) < 4.78 is 0. The number of likely N-dealkylation sites (tertiary alicyclic amines) is 1. The van der Waals surface area contributed by atoms with E-state index in [1.54, 1.807) is 0 Å². The van der Waals surface area contributed by atoms with Gasteiger partial charge < -0.3 is 0 Å². The number of hydrogen-bond donors (Lipinski definition) is 0. The Morgan fingerprint density at radius 1 is 0.783 bits per heavy atom. The Bertz CT molecular complexity index is 597. The van der Waals surface area contributed by atoms with E-state index < -0.39 is 0 Å². The quantitative estimate of drug-likeness (QED) is 0.823. The third-order valence-corrected chi connectivity index (χ3v) is 5.21. The van der Waals surface area contributed by atoms with Crippen molar-refractivity contribution in [2.75, 3.05) is 6.54 Å². The second kappa shape index (κ2) is 6.67. The monoisotopic (exact) mass is 307 g/mol. The lowest BCUT2D eigenvalue weighted by Crippen LogP contribution is -2.49. The molecule has 0 bridgehead atoms. The zero-order chi connectivity index (χ0) is 16.4. The molecule has 3 rings (SSSR count). The van der Waals surface area contributed by atoms with Gasteiger partial charge >= 0.3 is 0 Å². The number of rotatable bonds is 3. The topological polar surface area (TPSA) is 20.3 Å². The van der Waals surface area contributed by atoms with E-state index in [2.05, 4.69) is 74.2 Å². The predicted molar refractivity (Wildman–Crippen MR) is 94.1 cm³/mol. The summed E-state index contributed by atoms with van der Waals surface area (Å²) in [5.74, 6) is 0.414. The standard InChI is InChI=1S/C21H25NO/c1-4-22-19(17-11-7-5-8-12-17)15(2)21(23)16(3)20(22)18-13-9-6-10-14-18/h5-16,19-20H,4H2,1-3H3/t15-,16+,19+,20-. The molecule has 0 N–H and O–H groups in total. The lowest BCUT2D eigenvalue weighted by molar-refractivity contribution is -0.137. The molecule has 1 aliphatic rings. The average molecular weight is 307 g/mol. The van der Waals surface area contributed by atoms with E-state index in [9.17, 15) is 4.79 Å². The maximum Gasteiger partial charge on any atom is 0.142 e. The van der Waals surface area contributed by atoms with Crippen LogP contribution in [-0.4, -0.2) is 17.2 Å². The van der Waals surface area contributed by atoms with Gasteiger partial charge in [-0.05, 0) is 17.7 Å². The van der Waals surface area contributed by atoms with Gasteiger partial charge in [0.25, 0.3) is 0 Å². The Labute approximate surface area is 139 Å². The maximum atomic E-state index is 12.9. The van der Waals surface area contributed by atoms with E-state index in [-0.39, 0.29) is 23.9 Å². The molecular formula is C21H25NO. The molecule has 1 aliphatic heterocycles. The fraction of sp³-hybridized carbons (Fsp3) is 0.381. The van der Waals surface area contributed by atoms with Gasteiger partial charge in [-0.1, -0.05) is 81.4 Å². The minimum absolute atomic E-state index is 0.0207. The molecule has 0 spiro atoms. The van der Waals surface area contributed by atoms with Crippen LogP contribution in [0.3, 0.4) is 0 Å². The summed E-state index contributed by atoms with van der Waals surface area (Å²) >= 11 is 0. The fourth-order valence-corrected chi connectivity index (χ4v) is 4.13. The van der Waals surface area contributed by atoms with E-state index in [4.69, 9.17) is 0 Å². The number of benzene rings is 2. The van der Waals surface area contributed by atoms with Crippen LogP contribution in [-0.2, 0) is 4.79 Å². The van der Waals surface area contributed by atoms with Gasteiger partial charge in [0.05, 0.1) is 0 Å². The minimum atomic E-state index is 0.0207. The lowest BCUT2D eigenvalue weighted by atomic mass is 9.74. The van der Waals surface area contributed by atoms with Gasteiger partial charge in [-0.25, -0.2) is 0 Å². The molecule has 0 radical (unpaired) electrons. The molecule has 0 unspecified atom stereocenters. The lowest BCUT2D eigenvalue weighted by Gasteiger charge is -2.48. The highest BCUT2D eigenvalue weighted by atomic mass is 16.1. The molecule has 2 aromatic rings. The van der Waals surface area contributed by atoms with E-state index >= 15 is 0 Å². The zero-order valence-corrected chi connectivity index (χ0v) is 14.1. The normalized spacial score (nSPS) is 28.7. The molecule has 2 aromatic carbocycles. The zero-order valence-electron chi connectivity index (χ0n) is 14.1. The summed E-state index contributed by atoms with van der Waals surface area (Å²) in [6, 6.07) is 21.2. The SMILES string of the molecule is CCN1[C@H](c2ccccc2)[C@@H](C)C(=O)[C@@H](C)[C@@H]1c1ccccc1. The van der Waals surface area contributed by atoms with Gasteiger partial charge in [-0.2, -0.15) is 0 Å². The van der Waals surface area contributed by atoms with Crippen LogP contribution < -0.4 is 0 Å². The maximum absolute atomic E-state index is 12.9. The van der Waals surface area contributed by atoms with Crippen LogP contribution in [0.15, 0.2) is 60.7 Å². The molecular weight excluding hydrogens is 282 g/mol. The molecule has 0 saturated carbocycles. The van der Waals surface area contributed by atoms with Crippen molar-refractivity contribution >= 4 is 5.78 Å². The Morgan fingerprint density at radius 2 is 1.17 bits per heavy atom. The number of carbonyl (C=O) groups excluding carboxylic acids is 1. The Kier molecular flexibility index (Phi) is 4.63. The van der Waals surface area contributed by atoms with Gasteiger partial charge in [0.2, 0.25) is 0 Å². The van der Waals surface area contributed by atoms with Crippen molar-refractivity contribution in [3.05, 3.63) is 71.8 Å². The summed E-state index contributed by atoms with van der Waals surface area (Å²) in [7, 11) is 0. The summed E-state index contributed by atoms with van der Waals surface area (Å²) in [6.45, 7) is 7.29. The van der Waals surface area contributed by atoms with E-state index in [1.807, 2.05) is 12.1 Å².